The van der Waals surface area contributed by atoms with Crippen molar-refractivity contribution in [2.75, 3.05) is 11.9 Å². The molecular formula is C16H14ClN3S. The topological polar surface area (TPSA) is 27.6 Å². The summed E-state index contributed by atoms with van der Waals surface area (Å²) in [4.78, 5) is 0. The largest absolute Gasteiger partial charge is 0.331 e. The smallest absolute Gasteiger partial charge is 0.194 e. The molecule has 5 heteroatoms. The van der Waals surface area contributed by atoms with Gasteiger partial charge in [0.1, 0.15) is 0 Å². The molecule has 3 nitrogen and oxygen atoms in total. The van der Waals surface area contributed by atoms with Gasteiger partial charge in [-0.2, -0.15) is 5.10 Å². The number of anilines is 1. The monoisotopic (exact) mass is 315 g/mol. The summed E-state index contributed by atoms with van der Waals surface area (Å²) in [7, 11) is 0. The molecule has 0 unspecified atom stereocenters. The van der Waals surface area contributed by atoms with Crippen LogP contribution < -0.4 is 5.32 Å². The van der Waals surface area contributed by atoms with E-state index in [1.165, 1.54) is 0 Å². The zero-order valence-electron chi connectivity index (χ0n) is 11.3. The third kappa shape index (κ3) is 3.40. The first-order chi connectivity index (χ1) is 10.2. The molecule has 0 aliphatic carbocycles. The van der Waals surface area contributed by atoms with Crippen LogP contribution in [0.2, 0.25) is 5.02 Å². The lowest BCUT2D eigenvalue weighted by molar-refractivity contribution is 0.499. The number of hydrazone groups is 1. The van der Waals surface area contributed by atoms with Gasteiger partial charge in [-0.1, -0.05) is 41.9 Å². The summed E-state index contributed by atoms with van der Waals surface area (Å²) in [5.41, 5.74) is 3.09. The number of hydrogen-bond acceptors (Lipinski definition) is 2. The summed E-state index contributed by atoms with van der Waals surface area (Å²) >= 11 is 11.3. The van der Waals surface area contributed by atoms with Crippen LogP contribution in [0.3, 0.4) is 0 Å². The van der Waals surface area contributed by atoms with Gasteiger partial charge in [-0.25, -0.2) is 5.01 Å². The second kappa shape index (κ2) is 6.24. The van der Waals surface area contributed by atoms with Crippen LogP contribution in [0, 0.1) is 0 Å². The van der Waals surface area contributed by atoms with Crippen molar-refractivity contribution < 1.29 is 0 Å². The molecular weight excluding hydrogens is 302 g/mol. The molecule has 2 aromatic rings. The van der Waals surface area contributed by atoms with Crippen molar-refractivity contribution in [2.24, 2.45) is 5.10 Å². The van der Waals surface area contributed by atoms with Gasteiger partial charge in [-0.3, -0.25) is 0 Å². The second-order valence-electron chi connectivity index (χ2n) is 4.72. The molecule has 0 radical (unpaired) electrons. The van der Waals surface area contributed by atoms with Crippen LogP contribution in [0.4, 0.5) is 5.69 Å². The maximum absolute atomic E-state index is 5.91. The van der Waals surface area contributed by atoms with Crippen molar-refractivity contribution in [1.29, 1.82) is 0 Å². The zero-order chi connectivity index (χ0) is 14.7. The molecule has 0 saturated heterocycles. The van der Waals surface area contributed by atoms with Crippen molar-refractivity contribution in [3.63, 3.8) is 0 Å². The summed E-state index contributed by atoms with van der Waals surface area (Å²) in [5, 5.41) is 11.0. The van der Waals surface area contributed by atoms with E-state index >= 15 is 0 Å². The Hall–Kier alpha value is -1.91. The number of nitrogens with one attached hydrogen (secondary N) is 1. The van der Waals surface area contributed by atoms with Gasteiger partial charge >= 0.3 is 0 Å². The van der Waals surface area contributed by atoms with Crippen molar-refractivity contribution in [1.82, 2.24) is 5.01 Å². The van der Waals surface area contributed by atoms with Gasteiger partial charge in [0.05, 0.1) is 5.71 Å². The SMILES string of the molecule is S=C(Nc1ccccc1)N1CCC(c2ccc(Cl)cc2)=N1. The standard InChI is InChI=1S/C16H14ClN3S/c17-13-8-6-12(7-9-13)15-10-11-20(19-15)16(21)18-14-4-2-1-3-5-14/h1-9H,10-11H2,(H,18,21). The highest BCUT2D eigenvalue weighted by Gasteiger charge is 2.19. The van der Waals surface area contributed by atoms with Crippen LogP contribution in [0.15, 0.2) is 59.7 Å². The van der Waals surface area contributed by atoms with Gasteiger partial charge in [0, 0.05) is 23.7 Å². The highest BCUT2D eigenvalue weighted by molar-refractivity contribution is 7.80. The first-order valence-corrected chi connectivity index (χ1v) is 7.48. The molecule has 0 bridgehead atoms. The van der Waals surface area contributed by atoms with E-state index in [2.05, 4.69) is 10.4 Å². The Kier molecular flexibility index (Phi) is 4.18. The summed E-state index contributed by atoms with van der Waals surface area (Å²) in [6.45, 7) is 0.788. The van der Waals surface area contributed by atoms with Crippen LogP contribution in [-0.2, 0) is 0 Å². The van der Waals surface area contributed by atoms with Gasteiger partial charge in [0.25, 0.3) is 0 Å². The van der Waals surface area contributed by atoms with E-state index in [1.54, 1.807) is 0 Å². The molecule has 0 fully saturated rings. The van der Waals surface area contributed by atoms with Crippen molar-refractivity contribution >= 4 is 40.3 Å². The van der Waals surface area contributed by atoms with Crippen LogP contribution >= 0.6 is 23.8 Å². The van der Waals surface area contributed by atoms with Crippen molar-refractivity contribution in [3.05, 3.63) is 65.2 Å². The van der Waals surface area contributed by atoms with E-state index in [0.717, 1.165) is 35.0 Å². The molecule has 0 spiro atoms. The van der Waals surface area contributed by atoms with E-state index in [-0.39, 0.29) is 0 Å². The number of nitrogens with zero attached hydrogens (tertiary/aromatic N) is 2. The van der Waals surface area contributed by atoms with Gasteiger partial charge in [-0.15, -0.1) is 0 Å². The third-order valence-electron chi connectivity index (χ3n) is 3.24. The third-order valence-corrected chi connectivity index (χ3v) is 3.80. The van der Waals surface area contributed by atoms with E-state index < -0.39 is 0 Å². The Morgan fingerprint density at radius 1 is 1.10 bits per heavy atom. The molecule has 0 amide bonds. The first kappa shape index (κ1) is 14.0. The predicted molar refractivity (Wildman–Crippen MR) is 92.0 cm³/mol. The van der Waals surface area contributed by atoms with E-state index in [0.29, 0.717) is 5.11 Å². The Labute approximate surface area is 134 Å². The summed E-state index contributed by atoms with van der Waals surface area (Å²) in [6.07, 6.45) is 0.873. The fourth-order valence-electron chi connectivity index (χ4n) is 2.16. The zero-order valence-corrected chi connectivity index (χ0v) is 12.9. The van der Waals surface area contributed by atoms with Crippen LogP contribution in [-0.4, -0.2) is 22.4 Å². The van der Waals surface area contributed by atoms with E-state index in [4.69, 9.17) is 23.8 Å². The number of rotatable bonds is 2. The molecule has 1 N–H and O–H groups in total. The average Bonchev–Trinajstić information content (AvgIpc) is 2.99. The summed E-state index contributed by atoms with van der Waals surface area (Å²) in [6, 6.07) is 17.6. The first-order valence-electron chi connectivity index (χ1n) is 6.69. The quantitative estimate of drug-likeness (QED) is 0.844. The highest BCUT2D eigenvalue weighted by atomic mass is 35.5. The predicted octanol–water partition coefficient (Wildman–Crippen LogP) is 4.15. The van der Waals surface area contributed by atoms with Crippen LogP contribution in [0.25, 0.3) is 0 Å². The highest BCUT2D eigenvalue weighted by Crippen LogP contribution is 2.17. The number of thiocarbonyl (C=S) groups is 1. The molecule has 21 heavy (non-hydrogen) atoms. The lowest BCUT2D eigenvalue weighted by Crippen LogP contribution is -2.28. The molecule has 2 aromatic carbocycles. The van der Waals surface area contributed by atoms with Crippen molar-refractivity contribution in [2.45, 2.75) is 6.42 Å². The number of para-hydroxylation sites is 1. The molecule has 0 saturated carbocycles. The minimum atomic E-state index is 0.616. The van der Waals surface area contributed by atoms with Gasteiger partial charge in [-0.05, 0) is 42.0 Å². The summed E-state index contributed by atoms with van der Waals surface area (Å²) in [5.74, 6) is 0. The molecule has 1 aliphatic heterocycles. The lowest BCUT2D eigenvalue weighted by atomic mass is 10.1. The van der Waals surface area contributed by atoms with Crippen molar-refractivity contribution in [3.8, 4) is 0 Å². The fourth-order valence-corrected chi connectivity index (χ4v) is 2.53. The molecule has 1 heterocycles. The fraction of sp³-hybridized carbons (Fsp3) is 0.125. The van der Waals surface area contributed by atoms with Gasteiger partial charge in [0.15, 0.2) is 5.11 Å². The Bertz CT molecular complexity index is 668. The molecule has 106 valence electrons. The normalized spacial score (nSPS) is 14.0. The van der Waals surface area contributed by atoms with Crippen LogP contribution in [0.5, 0.6) is 0 Å². The molecule has 1 aliphatic rings. The summed E-state index contributed by atoms with van der Waals surface area (Å²) < 4.78 is 0. The van der Waals surface area contributed by atoms with E-state index in [1.807, 2.05) is 59.6 Å². The number of hydrogen-bond donors (Lipinski definition) is 1. The number of benzene rings is 2. The molecule has 0 atom stereocenters. The maximum atomic E-state index is 5.91. The Morgan fingerprint density at radius 2 is 1.81 bits per heavy atom. The minimum absolute atomic E-state index is 0.616. The lowest BCUT2D eigenvalue weighted by Gasteiger charge is -2.16. The molecule has 0 aromatic heterocycles. The maximum Gasteiger partial charge on any atom is 0.194 e. The minimum Gasteiger partial charge on any atom is -0.331 e. The average molecular weight is 316 g/mol. The second-order valence-corrected chi connectivity index (χ2v) is 5.55. The van der Waals surface area contributed by atoms with Gasteiger partial charge < -0.3 is 5.32 Å². The van der Waals surface area contributed by atoms with Crippen LogP contribution in [0.1, 0.15) is 12.0 Å². The van der Waals surface area contributed by atoms with E-state index in [9.17, 15) is 0 Å². The number of halogens is 1. The Balaban J connectivity index is 1.70. The Morgan fingerprint density at radius 3 is 2.52 bits per heavy atom. The molecule has 3 rings (SSSR count). The van der Waals surface area contributed by atoms with Gasteiger partial charge in [0.2, 0.25) is 0 Å².